The molecule has 0 aromatic heterocycles. The molecule has 0 aliphatic carbocycles. The van der Waals surface area contributed by atoms with Crippen LogP contribution in [-0.4, -0.2) is 143 Å². The lowest BCUT2D eigenvalue weighted by Gasteiger charge is -2.48. The Bertz CT molecular complexity index is 1080. The quantitative estimate of drug-likeness (QED) is 0.244. The highest BCUT2D eigenvalue weighted by atomic mass is 16.7. The average Bonchev–Trinajstić information content (AvgIpc) is 3.04. The van der Waals surface area contributed by atoms with Gasteiger partial charge in [0, 0.05) is 44.5 Å². The van der Waals surface area contributed by atoms with E-state index in [1.165, 1.54) is 14.0 Å². The molecule has 0 radical (unpaired) electrons. The fraction of sp³-hybridized carbons (Fsp3) is 0.973. The van der Waals surface area contributed by atoms with Crippen LogP contribution in [0.5, 0.6) is 0 Å². The number of aliphatic hydroxyl groups excluding tert-OH is 2. The monoisotopic (exact) mass is 718 g/mol. The zero-order valence-electron chi connectivity index (χ0n) is 32.9. The van der Waals surface area contributed by atoms with E-state index >= 15 is 0 Å². The molecule has 294 valence electrons. The van der Waals surface area contributed by atoms with Gasteiger partial charge in [-0.2, -0.15) is 0 Å². The number of methoxy groups -OCH3 is 1. The Balaban J connectivity index is 2.14. The molecule has 0 aromatic carbocycles. The Labute approximate surface area is 300 Å². The molecule has 7 unspecified atom stereocenters. The van der Waals surface area contributed by atoms with Crippen LogP contribution >= 0.6 is 0 Å². The summed E-state index contributed by atoms with van der Waals surface area (Å²) in [5.41, 5.74) is -4.18. The van der Waals surface area contributed by atoms with E-state index in [4.69, 9.17) is 28.4 Å². The van der Waals surface area contributed by atoms with Gasteiger partial charge in [-0.1, -0.05) is 20.8 Å². The summed E-state index contributed by atoms with van der Waals surface area (Å²) in [7, 11) is 5.31. The fourth-order valence-corrected chi connectivity index (χ4v) is 8.52. The van der Waals surface area contributed by atoms with Crippen LogP contribution in [0.3, 0.4) is 0 Å². The van der Waals surface area contributed by atoms with E-state index in [0.717, 1.165) is 6.42 Å². The second-order valence-corrected chi connectivity index (χ2v) is 16.4. The molecule has 0 bridgehead atoms. The van der Waals surface area contributed by atoms with Crippen LogP contribution in [0.15, 0.2) is 0 Å². The van der Waals surface area contributed by atoms with Crippen molar-refractivity contribution < 1.29 is 53.6 Å². The lowest BCUT2D eigenvalue weighted by atomic mass is 9.77. The van der Waals surface area contributed by atoms with Gasteiger partial charge in [-0.3, -0.25) is 4.79 Å². The molecule has 3 heterocycles. The minimum absolute atomic E-state index is 0.0719. The average molecular weight is 719 g/mol. The molecule has 0 amide bonds. The van der Waals surface area contributed by atoms with Crippen LogP contribution in [0.2, 0.25) is 0 Å². The van der Waals surface area contributed by atoms with Crippen molar-refractivity contribution in [2.24, 2.45) is 17.8 Å². The highest BCUT2D eigenvalue weighted by Gasteiger charge is 2.52. The van der Waals surface area contributed by atoms with Crippen molar-refractivity contribution in [2.75, 3.05) is 27.7 Å². The Kier molecular flexibility index (Phi) is 15.2. The summed E-state index contributed by atoms with van der Waals surface area (Å²) in [6, 6.07) is -0.344. The van der Waals surface area contributed by atoms with E-state index in [1.807, 2.05) is 46.7 Å². The predicted molar refractivity (Wildman–Crippen MR) is 188 cm³/mol. The number of hydrogen-bond donors (Lipinski definition) is 5. The summed E-state index contributed by atoms with van der Waals surface area (Å²) in [6.45, 7) is 18.5. The third-order valence-electron chi connectivity index (χ3n) is 11.8. The number of rotatable bonds is 7. The maximum absolute atomic E-state index is 14.1. The van der Waals surface area contributed by atoms with Gasteiger partial charge >= 0.3 is 5.97 Å². The number of nitrogens with one attached hydrogen (secondary N) is 1. The Morgan fingerprint density at radius 3 is 2.16 bits per heavy atom. The third kappa shape index (κ3) is 9.96. The second kappa shape index (κ2) is 17.4. The summed E-state index contributed by atoms with van der Waals surface area (Å²) in [5, 5.41) is 49.8. The van der Waals surface area contributed by atoms with Crippen LogP contribution in [0.1, 0.15) is 101 Å². The minimum atomic E-state index is -1.77. The van der Waals surface area contributed by atoms with Crippen LogP contribution in [-0.2, 0) is 33.2 Å². The molecule has 50 heavy (non-hydrogen) atoms. The zero-order valence-corrected chi connectivity index (χ0v) is 32.9. The molecule has 3 aliphatic heterocycles. The molecular weight excluding hydrogens is 648 g/mol. The normalized spacial score (nSPS) is 49.5. The van der Waals surface area contributed by atoms with Crippen molar-refractivity contribution in [2.45, 2.75) is 186 Å². The van der Waals surface area contributed by atoms with Crippen LogP contribution in [0.25, 0.3) is 0 Å². The minimum Gasteiger partial charge on any atom is -0.459 e. The number of nitrogens with zero attached hydrogens (tertiary/aromatic N) is 1. The lowest BCUT2D eigenvalue weighted by molar-refractivity contribution is -0.308. The molecule has 0 aromatic rings. The summed E-state index contributed by atoms with van der Waals surface area (Å²) in [6.07, 6.45) is -5.08. The number of carbonyl (C=O) groups is 1. The largest absolute Gasteiger partial charge is 0.459 e. The van der Waals surface area contributed by atoms with E-state index in [-0.39, 0.29) is 30.9 Å². The van der Waals surface area contributed by atoms with Crippen molar-refractivity contribution in [3.63, 3.8) is 0 Å². The Morgan fingerprint density at radius 1 is 0.940 bits per heavy atom. The Hall–Kier alpha value is -0.970. The maximum atomic E-state index is 14.1. The molecule has 13 heteroatoms. The summed E-state index contributed by atoms with van der Waals surface area (Å²) in [4.78, 5) is 16.1. The van der Waals surface area contributed by atoms with Crippen molar-refractivity contribution in [3.8, 4) is 0 Å². The van der Waals surface area contributed by atoms with Gasteiger partial charge in [-0.25, -0.2) is 0 Å². The van der Waals surface area contributed by atoms with E-state index in [9.17, 15) is 25.2 Å². The smallest absolute Gasteiger partial charge is 0.311 e. The number of ether oxygens (including phenoxy) is 6. The second-order valence-electron chi connectivity index (χ2n) is 16.4. The number of carbonyl (C=O) groups excluding carboxylic acids is 1. The van der Waals surface area contributed by atoms with Gasteiger partial charge in [0.15, 0.2) is 12.6 Å². The molecule has 3 rings (SSSR count). The van der Waals surface area contributed by atoms with Crippen molar-refractivity contribution in [1.82, 2.24) is 10.2 Å². The highest BCUT2D eigenvalue weighted by Crippen LogP contribution is 2.40. The van der Waals surface area contributed by atoms with Crippen LogP contribution < -0.4 is 5.32 Å². The van der Waals surface area contributed by atoms with Gasteiger partial charge in [-0.05, 0) is 87.7 Å². The fourth-order valence-electron chi connectivity index (χ4n) is 8.52. The van der Waals surface area contributed by atoms with Crippen molar-refractivity contribution in [3.05, 3.63) is 0 Å². The molecule has 0 saturated carbocycles. The summed E-state index contributed by atoms with van der Waals surface area (Å²) in [5.74, 6) is -2.27. The number of cyclic esters (lactones) is 1. The van der Waals surface area contributed by atoms with E-state index in [0.29, 0.717) is 19.4 Å². The van der Waals surface area contributed by atoms with Crippen LogP contribution in [0, 0.1) is 17.8 Å². The first-order valence-electron chi connectivity index (χ1n) is 18.7. The molecule has 3 fully saturated rings. The first-order chi connectivity index (χ1) is 23.1. The first kappa shape index (κ1) is 43.4. The molecule has 17 atom stereocenters. The third-order valence-corrected chi connectivity index (χ3v) is 11.8. The van der Waals surface area contributed by atoms with Crippen molar-refractivity contribution >= 4 is 5.97 Å². The molecular formula is C37H70N2O11. The van der Waals surface area contributed by atoms with Gasteiger partial charge in [0.25, 0.3) is 0 Å². The molecule has 0 spiro atoms. The van der Waals surface area contributed by atoms with Crippen molar-refractivity contribution in [1.29, 1.82) is 0 Å². The van der Waals surface area contributed by atoms with Gasteiger partial charge in [0.05, 0.1) is 41.5 Å². The first-order valence-corrected chi connectivity index (χ1v) is 18.7. The molecule has 5 N–H and O–H groups in total. The number of esters is 1. The lowest BCUT2D eigenvalue weighted by Crippen LogP contribution is -2.59. The zero-order chi connectivity index (χ0) is 37.9. The number of aliphatic hydroxyl groups is 4. The number of hydrogen-bond acceptors (Lipinski definition) is 13. The van der Waals surface area contributed by atoms with E-state index in [1.54, 1.807) is 34.6 Å². The standard InChI is InChI=1S/C37H70N2O11/c1-14-27-37(10,44)31(40)24(6)39(12)19-20(2)17-35(8,43)33(50-28-16-26(38-11)15-21(3)46-28)22(4)30(23(5)34(42)48-27)49-29-18-36(9,45-13)32(41)25(7)47-29/h20-33,38,40-41,43-44H,14-19H2,1-13H3/t20-,21?,22+,23-,24-,25?,26?,27-,28?,29?,30+,31-,32?,33-,35+,36?,37-/m1/s1. The van der Waals surface area contributed by atoms with E-state index < -0.39 is 89.9 Å². The summed E-state index contributed by atoms with van der Waals surface area (Å²) < 4.78 is 37.7. The summed E-state index contributed by atoms with van der Waals surface area (Å²) >= 11 is 0. The topological polar surface area (TPSA) is 169 Å². The molecule has 3 saturated heterocycles. The van der Waals surface area contributed by atoms with Gasteiger partial charge in [0.2, 0.25) is 0 Å². The van der Waals surface area contributed by atoms with Gasteiger partial charge in [0.1, 0.15) is 23.9 Å². The van der Waals surface area contributed by atoms with Gasteiger partial charge in [-0.15, -0.1) is 0 Å². The molecule has 13 nitrogen and oxygen atoms in total. The maximum Gasteiger partial charge on any atom is 0.311 e. The molecule has 3 aliphatic rings. The number of likely N-dealkylation sites (N-methyl/N-ethyl adjacent to an activating group) is 1. The predicted octanol–water partition coefficient (Wildman–Crippen LogP) is 2.59. The Morgan fingerprint density at radius 2 is 1.58 bits per heavy atom. The highest BCUT2D eigenvalue weighted by molar-refractivity contribution is 5.73. The van der Waals surface area contributed by atoms with E-state index in [2.05, 4.69) is 5.32 Å². The van der Waals surface area contributed by atoms with Crippen LogP contribution in [0.4, 0.5) is 0 Å². The van der Waals surface area contributed by atoms with Gasteiger partial charge < -0.3 is 59.1 Å². The SMILES string of the molecule is CC[C@H]1OC(=O)[C@H](C)[C@@H](OC2CC(C)(OC)C(O)C(C)O2)[C@H](C)[C@@H](OC2CC(NC)CC(C)O2)[C@@](C)(O)C[C@@H](C)CN(C)[C@H](C)[C@@H](O)[C@]1(C)O.